The van der Waals surface area contributed by atoms with Crippen LogP contribution >= 0.6 is 24.0 Å². The molecule has 0 bridgehead atoms. The molecule has 0 aromatic heterocycles. The standard InChI is InChI=1S/C8H16ClN.ClH/c1-2-3-4-5-8(10)6-7-9;/h10H,2-7H2,1H3;1H. The molecule has 0 fully saturated rings. The van der Waals surface area contributed by atoms with Gasteiger partial charge in [0, 0.05) is 11.6 Å². The van der Waals surface area contributed by atoms with Crippen LogP contribution in [0.25, 0.3) is 0 Å². The first-order chi connectivity index (χ1) is 4.81. The summed E-state index contributed by atoms with van der Waals surface area (Å²) in [6.07, 6.45) is 5.34. The van der Waals surface area contributed by atoms with Crippen LogP contribution in [-0.4, -0.2) is 11.6 Å². The molecule has 0 spiro atoms. The average molecular weight is 198 g/mol. The fourth-order valence-corrected chi connectivity index (χ4v) is 1.06. The molecule has 3 heteroatoms. The lowest BCUT2D eigenvalue weighted by Crippen LogP contribution is -1.96. The Morgan fingerprint density at radius 2 is 1.91 bits per heavy atom. The summed E-state index contributed by atoms with van der Waals surface area (Å²) in [5.41, 5.74) is 0.809. The molecule has 0 aliphatic carbocycles. The van der Waals surface area contributed by atoms with Gasteiger partial charge in [-0.2, -0.15) is 0 Å². The van der Waals surface area contributed by atoms with Crippen LogP contribution < -0.4 is 0 Å². The summed E-state index contributed by atoms with van der Waals surface area (Å²) < 4.78 is 0. The van der Waals surface area contributed by atoms with Crippen LogP contribution in [0.1, 0.15) is 39.0 Å². The smallest absolute Gasteiger partial charge is 0.0275 e. The summed E-state index contributed by atoms with van der Waals surface area (Å²) in [5.74, 6) is 0.602. The van der Waals surface area contributed by atoms with Crippen molar-refractivity contribution in [2.75, 3.05) is 5.88 Å². The van der Waals surface area contributed by atoms with Gasteiger partial charge in [0.1, 0.15) is 0 Å². The molecular formula is C8H17Cl2N. The van der Waals surface area contributed by atoms with Gasteiger partial charge in [-0.05, 0) is 19.3 Å². The zero-order chi connectivity index (χ0) is 7.82. The summed E-state index contributed by atoms with van der Waals surface area (Å²) in [5, 5.41) is 7.38. The topological polar surface area (TPSA) is 23.9 Å². The SMILES string of the molecule is CCCCCC(=N)CCCl.Cl. The van der Waals surface area contributed by atoms with Gasteiger partial charge in [-0.25, -0.2) is 0 Å². The van der Waals surface area contributed by atoms with E-state index in [9.17, 15) is 0 Å². The van der Waals surface area contributed by atoms with Gasteiger partial charge in [0.2, 0.25) is 0 Å². The highest BCUT2D eigenvalue weighted by Crippen LogP contribution is 2.02. The van der Waals surface area contributed by atoms with E-state index in [1.54, 1.807) is 0 Å². The van der Waals surface area contributed by atoms with E-state index in [2.05, 4.69) is 6.92 Å². The maximum atomic E-state index is 7.38. The Labute approximate surface area is 80.4 Å². The molecule has 0 aromatic rings. The minimum atomic E-state index is 0. The normalized spacial score (nSPS) is 8.91. The third kappa shape index (κ3) is 10.2. The lowest BCUT2D eigenvalue weighted by molar-refractivity contribution is 0.736. The largest absolute Gasteiger partial charge is 0.310 e. The fraction of sp³-hybridized carbons (Fsp3) is 0.875. The first-order valence-corrected chi connectivity index (χ1v) is 4.47. The van der Waals surface area contributed by atoms with Crippen molar-refractivity contribution in [3.05, 3.63) is 0 Å². The first-order valence-electron chi connectivity index (χ1n) is 3.93. The molecule has 68 valence electrons. The van der Waals surface area contributed by atoms with E-state index in [4.69, 9.17) is 17.0 Å². The number of rotatable bonds is 6. The Hall–Kier alpha value is 0.250. The lowest BCUT2D eigenvalue weighted by Gasteiger charge is -1.98. The molecular weight excluding hydrogens is 181 g/mol. The molecule has 0 aliphatic rings. The van der Waals surface area contributed by atoms with Gasteiger partial charge in [-0.1, -0.05) is 19.8 Å². The van der Waals surface area contributed by atoms with Crippen molar-refractivity contribution in [1.82, 2.24) is 0 Å². The summed E-state index contributed by atoms with van der Waals surface area (Å²) in [6, 6.07) is 0. The summed E-state index contributed by atoms with van der Waals surface area (Å²) in [6.45, 7) is 2.17. The molecule has 0 rings (SSSR count). The number of halogens is 2. The van der Waals surface area contributed by atoms with E-state index in [1.807, 2.05) is 0 Å². The van der Waals surface area contributed by atoms with Crippen molar-refractivity contribution < 1.29 is 0 Å². The molecule has 11 heavy (non-hydrogen) atoms. The predicted molar refractivity (Wildman–Crippen MR) is 54.5 cm³/mol. The quantitative estimate of drug-likeness (QED) is 0.382. The Morgan fingerprint density at radius 1 is 1.27 bits per heavy atom. The molecule has 0 radical (unpaired) electrons. The van der Waals surface area contributed by atoms with Crippen LogP contribution in [0.5, 0.6) is 0 Å². The van der Waals surface area contributed by atoms with Crippen molar-refractivity contribution in [2.45, 2.75) is 39.0 Å². The molecule has 0 saturated heterocycles. The number of alkyl halides is 1. The Kier molecular flexibility index (Phi) is 12.9. The van der Waals surface area contributed by atoms with Crippen LogP contribution in [-0.2, 0) is 0 Å². The van der Waals surface area contributed by atoms with Crippen molar-refractivity contribution in [2.24, 2.45) is 0 Å². The minimum Gasteiger partial charge on any atom is -0.310 e. The lowest BCUT2D eigenvalue weighted by atomic mass is 10.1. The van der Waals surface area contributed by atoms with Gasteiger partial charge >= 0.3 is 0 Å². The van der Waals surface area contributed by atoms with Crippen LogP contribution in [0.4, 0.5) is 0 Å². The van der Waals surface area contributed by atoms with Crippen LogP contribution in [0.3, 0.4) is 0 Å². The van der Waals surface area contributed by atoms with Gasteiger partial charge < -0.3 is 5.41 Å². The molecule has 1 N–H and O–H groups in total. The van der Waals surface area contributed by atoms with Gasteiger partial charge in [0.25, 0.3) is 0 Å². The minimum absolute atomic E-state index is 0. The van der Waals surface area contributed by atoms with Crippen molar-refractivity contribution >= 4 is 29.7 Å². The Balaban J connectivity index is 0. The van der Waals surface area contributed by atoms with Crippen molar-refractivity contribution in [3.8, 4) is 0 Å². The maximum Gasteiger partial charge on any atom is 0.0275 e. The highest BCUT2D eigenvalue weighted by molar-refractivity contribution is 6.19. The zero-order valence-corrected chi connectivity index (χ0v) is 8.60. The molecule has 0 aliphatic heterocycles. The van der Waals surface area contributed by atoms with Gasteiger partial charge in [-0.3, -0.25) is 0 Å². The van der Waals surface area contributed by atoms with Crippen molar-refractivity contribution in [1.29, 1.82) is 5.41 Å². The number of nitrogens with one attached hydrogen (secondary N) is 1. The van der Waals surface area contributed by atoms with Crippen LogP contribution in [0.15, 0.2) is 0 Å². The van der Waals surface area contributed by atoms with Gasteiger partial charge in [0.05, 0.1) is 0 Å². The Morgan fingerprint density at radius 3 is 2.36 bits per heavy atom. The fourth-order valence-electron chi connectivity index (χ4n) is 0.827. The molecule has 0 unspecified atom stereocenters. The molecule has 0 saturated carbocycles. The highest BCUT2D eigenvalue weighted by atomic mass is 35.5. The third-order valence-electron chi connectivity index (χ3n) is 1.48. The number of unbranched alkanes of at least 4 members (excludes halogenated alkanes) is 2. The zero-order valence-electron chi connectivity index (χ0n) is 7.03. The first kappa shape index (κ1) is 13.8. The van der Waals surface area contributed by atoms with E-state index in [0.29, 0.717) is 5.88 Å². The molecule has 0 heterocycles. The summed E-state index contributed by atoms with van der Waals surface area (Å²) in [7, 11) is 0. The van der Waals surface area contributed by atoms with Gasteiger partial charge in [-0.15, -0.1) is 24.0 Å². The van der Waals surface area contributed by atoms with E-state index in [1.165, 1.54) is 12.8 Å². The maximum absolute atomic E-state index is 7.38. The van der Waals surface area contributed by atoms with E-state index < -0.39 is 0 Å². The van der Waals surface area contributed by atoms with E-state index in [0.717, 1.165) is 25.0 Å². The van der Waals surface area contributed by atoms with E-state index >= 15 is 0 Å². The van der Waals surface area contributed by atoms with Crippen LogP contribution in [0, 0.1) is 5.41 Å². The molecule has 0 amide bonds. The second kappa shape index (κ2) is 10.2. The Bertz CT molecular complexity index is 94.1. The van der Waals surface area contributed by atoms with E-state index in [-0.39, 0.29) is 12.4 Å². The van der Waals surface area contributed by atoms with Gasteiger partial charge in [0.15, 0.2) is 0 Å². The molecule has 1 nitrogen and oxygen atoms in total. The summed E-state index contributed by atoms with van der Waals surface area (Å²) in [4.78, 5) is 0. The highest BCUT2D eigenvalue weighted by Gasteiger charge is 1.94. The monoisotopic (exact) mass is 197 g/mol. The average Bonchev–Trinajstić information content (AvgIpc) is 1.89. The summed E-state index contributed by atoms with van der Waals surface area (Å²) >= 11 is 5.47. The predicted octanol–water partition coefficient (Wildman–Crippen LogP) is 3.64. The molecule has 0 aromatic carbocycles. The second-order valence-corrected chi connectivity index (χ2v) is 2.88. The van der Waals surface area contributed by atoms with Crippen molar-refractivity contribution in [3.63, 3.8) is 0 Å². The van der Waals surface area contributed by atoms with Crippen LogP contribution in [0.2, 0.25) is 0 Å². The second-order valence-electron chi connectivity index (χ2n) is 2.50. The number of hydrogen-bond acceptors (Lipinski definition) is 1. The third-order valence-corrected chi connectivity index (χ3v) is 1.67. The number of hydrogen-bond donors (Lipinski definition) is 1. The molecule has 0 atom stereocenters.